The minimum Gasteiger partial charge on any atom is -0.493 e. The topological polar surface area (TPSA) is 60.3 Å². The van der Waals surface area contributed by atoms with Crippen LogP contribution in [-0.2, 0) is 6.42 Å². The number of benzene rings is 2. The highest BCUT2D eigenvalue weighted by molar-refractivity contribution is 5.99. The fourth-order valence-electron chi connectivity index (χ4n) is 3.14. The molecule has 0 unspecified atom stereocenters. The average Bonchev–Trinajstić information content (AvgIpc) is 2.89. The summed E-state index contributed by atoms with van der Waals surface area (Å²) in [5, 5.41) is 1.18. The largest absolute Gasteiger partial charge is 0.493 e. The summed E-state index contributed by atoms with van der Waals surface area (Å²) in [5.41, 5.74) is 11.3. The predicted octanol–water partition coefficient (Wildman–Crippen LogP) is 3.66. The molecule has 3 N–H and O–H groups in total. The fourth-order valence-corrected chi connectivity index (χ4v) is 3.14. The second-order valence-electron chi connectivity index (χ2n) is 5.59. The normalized spacial score (nSPS) is 11.0. The summed E-state index contributed by atoms with van der Waals surface area (Å²) in [6, 6.07) is 12.4. The zero-order valence-corrected chi connectivity index (χ0v) is 13.8. The lowest BCUT2D eigenvalue weighted by atomic mass is 9.97. The first-order valence-electron chi connectivity index (χ1n) is 7.72. The highest BCUT2D eigenvalue weighted by Crippen LogP contribution is 2.43. The van der Waals surface area contributed by atoms with E-state index in [0.717, 1.165) is 45.8 Å². The monoisotopic (exact) mass is 310 g/mol. The van der Waals surface area contributed by atoms with Gasteiger partial charge in [-0.25, -0.2) is 0 Å². The highest BCUT2D eigenvalue weighted by atomic mass is 16.5. The lowest BCUT2D eigenvalue weighted by molar-refractivity contribution is 0.356. The number of aromatic nitrogens is 1. The van der Waals surface area contributed by atoms with E-state index in [2.05, 4.69) is 30.1 Å². The molecule has 23 heavy (non-hydrogen) atoms. The molecule has 4 heteroatoms. The Morgan fingerprint density at radius 3 is 2.57 bits per heavy atom. The predicted molar refractivity (Wildman–Crippen MR) is 94.3 cm³/mol. The molecule has 0 fully saturated rings. The smallest absolute Gasteiger partial charge is 0.168 e. The Labute approximate surface area is 136 Å². The number of hydrogen-bond acceptors (Lipinski definition) is 3. The van der Waals surface area contributed by atoms with E-state index in [0.29, 0.717) is 6.54 Å². The first-order valence-corrected chi connectivity index (χ1v) is 7.72. The molecular weight excluding hydrogens is 288 g/mol. The van der Waals surface area contributed by atoms with Crippen molar-refractivity contribution in [3.05, 3.63) is 47.7 Å². The number of nitrogens with two attached hydrogens (primary N) is 1. The van der Waals surface area contributed by atoms with E-state index >= 15 is 0 Å². The Balaban J connectivity index is 2.32. The van der Waals surface area contributed by atoms with Crippen molar-refractivity contribution in [3.63, 3.8) is 0 Å². The number of aryl methyl sites for hydroxylation is 1. The Bertz CT molecular complexity index is 837. The van der Waals surface area contributed by atoms with Gasteiger partial charge >= 0.3 is 0 Å². The van der Waals surface area contributed by atoms with Gasteiger partial charge in [0, 0.05) is 27.7 Å². The SMILES string of the molecule is COc1cc(CCN)cc(-c2c(C)[nH]c3ccccc23)c1OC. The third-order valence-electron chi connectivity index (χ3n) is 4.13. The van der Waals surface area contributed by atoms with Crippen LogP contribution in [0.5, 0.6) is 11.5 Å². The Morgan fingerprint density at radius 2 is 1.87 bits per heavy atom. The van der Waals surface area contributed by atoms with Crippen LogP contribution in [0.2, 0.25) is 0 Å². The van der Waals surface area contributed by atoms with Crippen LogP contribution in [0, 0.1) is 6.92 Å². The van der Waals surface area contributed by atoms with Crippen LogP contribution in [0.4, 0.5) is 0 Å². The number of aromatic amines is 1. The van der Waals surface area contributed by atoms with Gasteiger partial charge in [0.2, 0.25) is 0 Å². The lowest BCUT2D eigenvalue weighted by Gasteiger charge is -2.15. The lowest BCUT2D eigenvalue weighted by Crippen LogP contribution is -2.04. The van der Waals surface area contributed by atoms with Crippen molar-refractivity contribution in [2.24, 2.45) is 5.73 Å². The second-order valence-corrected chi connectivity index (χ2v) is 5.59. The van der Waals surface area contributed by atoms with Gasteiger partial charge in [0.15, 0.2) is 11.5 Å². The van der Waals surface area contributed by atoms with Gasteiger partial charge in [-0.3, -0.25) is 0 Å². The van der Waals surface area contributed by atoms with Crippen LogP contribution in [-0.4, -0.2) is 25.7 Å². The third-order valence-corrected chi connectivity index (χ3v) is 4.13. The van der Waals surface area contributed by atoms with Gasteiger partial charge in [-0.2, -0.15) is 0 Å². The zero-order valence-electron chi connectivity index (χ0n) is 13.8. The molecule has 1 heterocycles. The second kappa shape index (κ2) is 6.34. The molecule has 0 saturated heterocycles. The number of hydrogen-bond donors (Lipinski definition) is 2. The van der Waals surface area contributed by atoms with E-state index in [1.807, 2.05) is 18.2 Å². The van der Waals surface area contributed by atoms with Crippen molar-refractivity contribution in [1.82, 2.24) is 4.98 Å². The number of H-pyrrole nitrogens is 1. The molecule has 0 aliphatic rings. The Kier molecular flexibility index (Phi) is 4.26. The van der Waals surface area contributed by atoms with Gasteiger partial charge in [-0.1, -0.05) is 18.2 Å². The number of rotatable bonds is 5. The number of fused-ring (bicyclic) bond motifs is 1. The molecule has 120 valence electrons. The molecular formula is C19H22N2O2. The zero-order chi connectivity index (χ0) is 16.4. The molecule has 1 aromatic heterocycles. The van der Waals surface area contributed by atoms with Crippen LogP contribution in [0.15, 0.2) is 36.4 Å². The van der Waals surface area contributed by atoms with Crippen molar-refractivity contribution in [2.45, 2.75) is 13.3 Å². The van der Waals surface area contributed by atoms with Crippen LogP contribution < -0.4 is 15.2 Å². The Hall–Kier alpha value is -2.46. The molecule has 0 spiro atoms. The maximum absolute atomic E-state index is 5.73. The molecule has 0 aliphatic carbocycles. The van der Waals surface area contributed by atoms with Crippen molar-refractivity contribution >= 4 is 10.9 Å². The summed E-state index contributed by atoms with van der Waals surface area (Å²) >= 11 is 0. The van der Waals surface area contributed by atoms with E-state index in [-0.39, 0.29) is 0 Å². The van der Waals surface area contributed by atoms with E-state index < -0.39 is 0 Å². The molecule has 0 saturated carbocycles. The Morgan fingerprint density at radius 1 is 1.09 bits per heavy atom. The minimum absolute atomic E-state index is 0.599. The van der Waals surface area contributed by atoms with Gasteiger partial charge in [0.25, 0.3) is 0 Å². The fraction of sp³-hybridized carbons (Fsp3) is 0.263. The van der Waals surface area contributed by atoms with Gasteiger partial charge < -0.3 is 20.2 Å². The average molecular weight is 310 g/mol. The van der Waals surface area contributed by atoms with Gasteiger partial charge in [-0.15, -0.1) is 0 Å². The molecule has 4 nitrogen and oxygen atoms in total. The molecule has 0 bridgehead atoms. The van der Waals surface area contributed by atoms with Crippen molar-refractivity contribution in [3.8, 4) is 22.6 Å². The van der Waals surface area contributed by atoms with Crippen LogP contribution in [0.1, 0.15) is 11.3 Å². The summed E-state index contributed by atoms with van der Waals surface area (Å²) in [5.74, 6) is 1.49. The van der Waals surface area contributed by atoms with Crippen molar-refractivity contribution in [1.29, 1.82) is 0 Å². The van der Waals surface area contributed by atoms with Gasteiger partial charge in [-0.05, 0) is 43.7 Å². The van der Waals surface area contributed by atoms with Crippen molar-refractivity contribution < 1.29 is 9.47 Å². The first-order chi connectivity index (χ1) is 11.2. The summed E-state index contributed by atoms with van der Waals surface area (Å²) in [4.78, 5) is 3.44. The standard InChI is InChI=1S/C19H22N2O2/c1-12-18(14-6-4-5-7-16(14)21-12)15-10-13(8-9-20)11-17(22-2)19(15)23-3/h4-7,10-11,21H,8-9,20H2,1-3H3. The number of methoxy groups -OCH3 is 2. The quantitative estimate of drug-likeness (QED) is 0.756. The van der Waals surface area contributed by atoms with Crippen molar-refractivity contribution in [2.75, 3.05) is 20.8 Å². The van der Waals surface area contributed by atoms with Crippen LogP contribution in [0.3, 0.4) is 0 Å². The van der Waals surface area contributed by atoms with Crippen LogP contribution >= 0.6 is 0 Å². The van der Waals surface area contributed by atoms with E-state index in [1.54, 1.807) is 14.2 Å². The summed E-state index contributed by atoms with van der Waals surface area (Å²) in [7, 11) is 3.34. The molecule has 0 aliphatic heterocycles. The van der Waals surface area contributed by atoms with E-state index in [4.69, 9.17) is 15.2 Å². The molecule has 3 aromatic rings. The van der Waals surface area contributed by atoms with E-state index in [1.165, 1.54) is 5.39 Å². The molecule has 3 rings (SSSR count). The van der Waals surface area contributed by atoms with Crippen LogP contribution in [0.25, 0.3) is 22.0 Å². The van der Waals surface area contributed by atoms with E-state index in [9.17, 15) is 0 Å². The number of para-hydroxylation sites is 1. The number of ether oxygens (including phenoxy) is 2. The summed E-state index contributed by atoms with van der Waals surface area (Å²) in [6.45, 7) is 2.68. The number of nitrogens with one attached hydrogen (secondary N) is 1. The first kappa shape index (κ1) is 15.4. The molecule has 2 aromatic carbocycles. The van der Waals surface area contributed by atoms with Gasteiger partial charge in [0.05, 0.1) is 14.2 Å². The maximum Gasteiger partial charge on any atom is 0.168 e. The maximum atomic E-state index is 5.73. The minimum atomic E-state index is 0.599. The molecule has 0 atom stereocenters. The molecule has 0 amide bonds. The third kappa shape index (κ3) is 2.66. The highest BCUT2D eigenvalue weighted by Gasteiger charge is 2.19. The molecule has 0 radical (unpaired) electrons. The summed E-state index contributed by atoms with van der Waals surface area (Å²) < 4.78 is 11.2. The summed E-state index contributed by atoms with van der Waals surface area (Å²) in [6.07, 6.45) is 0.800. The van der Waals surface area contributed by atoms with Gasteiger partial charge in [0.1, 0.15) is 0 Å².